The summed E-state index contributed by atoms with van der Waals surface area (Å²) >= 11 is 1.78. The number of rotatable bonds is 5. The number of likely N-dealkylation sites (tertiary alicyclic amines) is 1. The Labute approximate surface area is 170 Å². The van der Waals surface area contributed by atoms with E-state index in [2.05, 4.69) is 9.88 Å². The number of nitrogens with one attached hydrogen (secondary N) is 1. The molecule has 0 radical (unpaired) electrons. The molecular formula is C22H29N3O2S. The van der Waals surface area contributed by atoms with Crippen molar-refractivity contribution in [3.8, 4) is 5.00 Å². The second-order valence-corrected chi connectivity index (χ2v) is 9.37. The van der Waals surface area contributed by atoms with Gasteiger partial charge in [0.1, 0.15) is 5.00 Å². The fourth-order valence-electron chi connectivity index (χ4n) is 4.29. The third kappa shape index (κ3) is 3.75. The molecule has 1 fully saturated rings. The van der Waals surface area contributed by atoms with E-state index in [-0.39, 0.29) is 17.7 Å². The maximum atomic E-state index is 13.6. The van der Waals surface area contributed by atoms with Crippen LogP contribution in [0.15, 0.2) is 24.5 Å². The van der Waals surface area contributed by atoms with Crippen LogP contribution in [-0.4, -0.2) is 40.9 Å². The largest absolute Gasteiger partial charge is 0.356 e. The molecule has 1 aliphatic heterocycles. The van der Waals surface area contributed by atoms with Crippen molar-refractivity contribution in [3.63, 3.8) is 0 Å². The average Bonchev–Trinajstić information content (AvgIpc) is 3.41. The predicted molar refractivity (Wildman–Crippen MR) is 112 cm³/mol. The Balaban J connectivity index is 1.52. The van der Waals surface area contributed by atoms with Crippen molar-refractivity contribution < 1.29 is 9.59 Å². The first-order valence-corrected chi connectivity index (χ1v) is 11.2. The van der Waals surface area contributed by atoms with E-state index >= 15 is 0 Å². The van der Waals surface area contributed by atoms with Gasteiger partial charge in [-0.2, -0.15) is 0 Å². The second kappa shape index (κ2) is 8.11. The molecular weight excluding hydrogens is 370 g/mol. The number of thiophene rings is 1. The minimum atomic E-state index is -0.00107. The number of amides is 2. The summed E-state index contributed by atoms with van der Waals surface area (Å²) in [6.45, 7) is 6.01. The molecule has 2 aromatic heterocycles. The molecule has 2 amide bonds. The average molecular weight is 400 g/mol. The molecule has 0 bridgehead atoms. The minimum Gasteiger partial charge on any atom is -0.356 e. The lowest BCUT2D eigenvalue weighted by atomic mass is 9.96. The maximum absolute atomic E-state index is 13.6. The topological polar surface area (TPSA) is 54.3 Å². The van der Waals surface area contributed by atoms with E-state index in [1.807, 2.05) is 43.3 Å². The first-order chi connectivity index (χ1) is 13.5. The normalized spacial score (nSPS) is 19.1. The highest BCUT2D eigenvalue weighted by Crippen LogP contribution is 2.39. The first kappa shape index (κ1) is 19.2. The van der Waals surface area contributed by atoms with Crippen LogP contribution in [0.3, 0.4) is 0 Å². The zero-order valence-corrected chi connectivity index (χ0v) is 17.6. The molecule has 1 unspecified atom stereocenters. The van der Waals surface area contributed by atoms with Crippen molar-refractivity contribution in [2.24, 2.45) is 11.8 Å². The van der Waals surface area contributed by atoms with E-state index in [1.54, 1.807) is 11.3 Å². The van der Waals surface area contributed by atoms with Gasteiger partial charge in [0, 0.05) is 42.8 Å². The molecule has 6 heteroatoms. The van der Waals surface area contributed by atoms with Crippen LogP contribution < -0.4 is 5.32 Å². The van der Waals surface area contributed by atoms with Gasteiger partial charge in [0.2, 0.25) is 5.91 Å². The van der Waals surface area contributed by atoms with E-state index in [0.717, 1.165) is 55.8 Å². The monoisotopic (exact) mass is 399 g/mol. The quantitative estimate of drug-likeness (QED) is 0.834. The van der Waals surface area contributed by atoms with Crippen LogP contribution in [0.1, 0.15) is 53.9 Å². The van der Waals surface area contributed by atoms with Gasteiger partial charge in [0.15, 0.2) is 0 Å². The molecule has 3 heterocycles. The number of carbonyl (C=O) groups excluding carboxylic acids is 2. The fourth-order valence-corrected chi connectivity index (χ4v) is 5.63. The van der Waals surface area contributed by atoms with Gasteiger partial charge in [-0.15, -0.1) is 11.3 Å². The number of piperidine rings is 1. The highest BCUT2D eigenvalue weighted by atomic mass is 32.1. The number of aryl methyl sites for hydroxylation is 1. The number of aromatic nitrogens is 1. The molecule has 28 heavy (non-hydrogen) atoms. The van der Waals surface area contributed by atoms with Crippen molar-refractivity contribution in [1.29, 1.82) is 0 Å². The SMILES string of the molecule is CC(C)C(=O)NCC1CCCN(C(=O)c2c(-n3cccc3)sc3c2CCC3)C1. The fraction of sp³-hybridized carbons (Fsp3) is 0.545. The van der Waals surface area contributed by atoms with Crippen molar-refractivity contribution in [2.75, 3.05) is 19.6 Å². The second-order valence-electron chi connectivity index (χ2n) is 8.29. The van der Waals surface area contributed by atoms with Gasteiger partial charge in [-0.1, -0.05) is 13.8 Å². The zero-order valence-electron chi connectivity index (χ0n) is 16.7. The summed E-state index contributed by atoms with van der Waals surface area (Å²) in [5.41, 5.74) is 2.19. The molecule has 0 saturated carbocycles. The number of hydrogen-bond donors (Lipinski definition) is 1. The minimum absolute atomic E-state index is 0.00107. The number of carbonyl (C=O) groups is 2. The smallest absolute Gasteiger partial charge is 0.257 e. The van der Waals surface area contributed by atoms with Crippen molar-refractivity contribution in [1.82, 2.24) is 14.8 Å². The van der Waals surface area contributed by atoms with Crippen molar-refractivity contribution >= 4 is 23.2 Å². The molecule has 1 saturated heterocycles. The Kier molecular flexibility index (Phi) is 5.58. The summed E-state index contributed by atoms with van der Waals surface area (Å²) in [5, 5.41) is 4.11. The van der Waals surface area contributed by atoms with E-state index in [1.165, 1.54) is 10.4 Å². The number of hydrogen-bond acceptors (Lipinski definition) is 3. The highest BCUT2D eigenvalue weighted by molar-refractivity contribution is 7.15. The molecule has 0 aromatic carbocycles. The molecule has 0 spiro atoms. The lowest BCUT2D eigenvalue weighted by molar-refractivity contribution is -0.124. The standard InChI is InChI=1S/C22H29N3O2S/c1-15(2)20(26)23-13-16-7-6-12-25(14-16)21(27)19-17-8-5-9-18(17)28-22(19)24-10-3-4-11-24/h3-4,10-11,15-16H,5-9,12-14H2,1-2H3,(H,23,26). The molecule has 4 rings (SSSR count). The van der Waals surface area contributed by atoms with Crippen LogP contribution >= 0.6 is 11.3 Å². The van der Waals surface area contributed by atoms with E-state index < -0.39 is 0 Å². The van der Waals surface area contributed by atoms with E-state index in [4.69, 9.17) is 0 Å². The zero-order chi connectivity index (χ0) is 19.7. The van der Waals surface area contributed by atoms with E-state index in [0.29, 0.717) is 12.5 Å². The Morgan fingerprint density at radius 3 is 2.75 bits per heavy atom. The van der Waals surface area contributed by atoms with Crippen LogP contribution in [0, 0.1) is 11.8 Å². The first-order valence-electron chi connectivity index (χ1n) is 10.4. The predicted octanol–water partition coefficient (Wildman–Crippen LogP) is 3.65. The van der Waals surface area contributed by atoms with Gasteiger partial charge < -0.3 is 14.8 Å². The Morgan fingerprint density at radius 2 is 2.00 bits per heavy atom. The van der Waals surface area contributed by atoms with Gasteiger partial charge in [0.25, 0.3) is 5.91 Å². The molecule has 1 aliphatic carbocycles. The van der Waals surface area contributed by atoms with Crippen LogP contribution in [-0.2, 0) is 17.6 Å². The number of fused-ring (bicyclic) bond motifs is 1. The summed E-state index contributed by atoms with van der Waals surface area (Å²) in [6.07, 6.45) is 9.36. The van der Waals surface area contributed by atoms with Gasteiger partial charge in [-0.3, -0.25) is 9.59 Å². The highest BCUT2D eigenvalue weighted by Gasteiger charge is 2.32. The third-order valence-corrected chi connectivity index (χ3v) is 7.16. The summed E-state index contributed by atoms with van der Waals surface area (Å²) in [6, 6.07) is 4.01. The third-order valence-electron chi connectivity index (χ3n) is 5.85. The van der Waals surface area contributed by atoms with Gasteiger partial charge >= 0.3 is 0 Å². The van der Waals surface area contributed by atoms with Gasteiger partial charge in [-0.05, 0) is 55.7 Å². The Morgan fingerprint density at radius 1 is 1.21 bits per heavy atom. The summed E-state index contributed by atoms with van der Waals surface area (Å²) < 4.78 is 2.08. The maximum Gasteiger partial charge on any atom is 0.257 e. The van der Waals surface area contributed by atoms with E-state index in [9.17, 15) is 9.59 Å². The molecule has 1 N–H and O–H groups in total. The van der Waals surface area contributed by atoms with Crippen LogP contribution in [0.25, 0.3) is 5.00 Å². The molecule has 2 aromatic rings. The van der Waals surface area contributed by atoms with Crippen molar-refractivity contribution in [3.05, 3.63) is 40.5 Å². The molecule has 5 nitrogen and oxygen atoms in total. The number of nitrogens with zero attached hydrogens (tertiary/aromatic N) is 2. The lowest BCUT2D eigenvalue weighted by Gasteiger charge is -2.33. The summed E-state index contributed by atoms with van der Waals surface area (Å²) in [5.74, 6) is 0.595. The summed E-state index contributed by atoms with van der Waals surface area (Å²) in [7, 11) is 0. The van der Waals surface area contributed by atoms with Gasteiger partial charge in [-0.25, -0.2) is 0 Å². The molecule has 1 atom stereocenters. The molecule has 2 aliphatic rings. The Bertz CT molecular complexity index is 854. The summed E-state index contributed by atoms with van der Waals surface area (Å²) in [4.78, 5) is 28.9. The lowest BCUT2D eigenvalue weighted by Crippen LogP contribution is -2.44. The van der Waals surface area contributed by atoms with Gasteiger partial charge in [0.05, 0.1) is 5.56 Å². The van der Waals surface area contributed by atoms with Crippen LogP contribution in [0.2, 0.25) is 0 Å². The van der Waals surface area contributed by atoms with Crippen molar-refractivity contribution in [2.45, 2.75) is 46.0 Å². The van der Waals surface area contributed by atoms with Crippen LogP contribution in [0.5, 0.6) is 0 Å². The van der Waals surface area contributed by atoms with Crippen LogP contribution in [0.4, 0.5) is 0 Å². The Hall–Kier alpha value is -2.08. The molecule has 150 valence electrons.